The molecule has 0 atom stereocenters. The summed E-state index contributed by atoms with van der Waals surface area (Å²) in [7, 11) is 0. The Bertz CT molecular complexity index is 743. The first-order valence-corrected chi connectivity index (χ1v) is 9.52. The van der Waals surface area contributed by atoms with Crippen LogP contribution in [0.25, 0.3) is 0 Å². The third kappa shape index (κ3) is 5.58. The topological polar surface area (TPSA) is 111 Å². The second-order valence-electron chi connectivity index (χ2n) is 6.80. The van der Waals surface area contributed by atoms with Gasteiger partial charge in [-0.3, -0.25) is 9.69 Å². The molecule has 3 rings (SSSR count). The van der Waals surface area contributed by atoms with Gasteiger partial charge in [0.15, 0.2) is 0 Å². The maximum absolute atomic E-state index is 11.1. The van der Waals surface area contributed by atoms with Crippen molar-refractivity contribution < 1.29 is 9.90 Å². The number of anilines is 2. The van der Waals surface area contributed by atoms with Gasteiger partial charge >= 0.3 is 5.97 Å². The van der Waals surface area contributed by atoms with Crippen LogP contribution in [0.1, 0.15) is 24.8 Å². The summed E-state index contributed by atoms with van der Waals surface area (Å²) in [6, 6.07) is 8.17. The number of aromatic nitrogens is 3. The van der Waals surface area contributed by atoms with Crippen LogP contribution in [0.3, 0.4) is 0 Å². The average molecular weight is 393 g/mol. The molecular formula is C18H25ClN6O2. The number of piperidine rings is 1. The number of aromatic amines is 1. The second kappa shape index (κ2) is 9.05. The van der Waals surface area contributed by atoms with E-state index in [9.17, 15) is 4.79 Å². The SMILES string of the molecule is Nc1nc(N2CCC(N(CCC(=O)O)CCc3ccc(Cl)cc3)CC2)n[nH]1. The van der Waals surface area contributed by atoms with Crippen LogP contribution in [0.2, 0.25) is 5.02 Å². The molecule has 0 radical (unpaired) electrons. The van der Waals surface area contributed by atoms with E-state index in [1.807, 2.05) is 24.3 Å². The number of benzene rings is 1. The van der Waals surface area contributed by atoms with Gasteiger partial charge < -0.3 is 15.7 Å². The summed E-state index contributed by atoms with van der Waals surface area (Å²) in [6.45, 7) is 3.04. The fourth-order valence-electron chi connectivity index (χ4n) is 3.48. The van der Waals surface area contributed by atoms with E-state index < -0.39 is 5.97 Å². The minimum Gasteiger partial charge on any atom is -0.481 e. The molecule has 1 fully saturated rings. The van der Waals surface area contributed by atoms with Gasteiger partial charge in [0, 0.05) is 37.2 Å². The van der Waals surface area contributed by atoms with Gasteiger partial charge in [0.2, 0.25) is 11.9 Å². The van der Waals surface area contributed by atoms with E-state index in [2.05, 4.69) is 25.0 Å². The number of carbonyl (C=O) groups is 1. The maximum atomic E-state index is 11.1. The lowest BCUT2D eigenvalue weighted by Gasteiger charge is -2.38. The molecule has 27 heavy (non-hydrogen) atoms. The van der Waals surface area contributed by atoms with Gasteiger partial charge in [-0.1, -0.05) is 23.7 Å². The summed E-state index contributed by atoms with van der Waals surface area (Å²) in [4.78, 5) is 19.6. The smallest absolute Gasteiger partial charge is 0.304 e. The van der Waals surface area contributed by atoms with E-state index in [1.54, 1.807) is 0 Å². The van der Waals surface area contributed by atoms with Crippen molar-refractivity contribution in [2.24, 2.45) is 0 Å². The van der Waals surface area contributed by atoms with Crippen LogP contribution in [-0.4, -0.2) is 63.4 Å². The van der Waals surface area contributed by atoms with Gasteiger partial charge in [-0.2, -0.15) is 4.98 Å². The monoisotopic (exact) mass is 392 g/mol. The predicted octanol–water partition coefficient (Wildman–Crippen LogP) is 2.03. The molecule has 0 saturated carbocycles. The molecule has 0 bridgehead atoms. The Morgan fingerprint density at radius 2 is 2.00 bits per heavy atom. The Balaban J connectivity index is 1.57. The number of nitrogens with one attached hydrogen (secondary N) is 1. The molecule has 1 aliphatic heterocycles. The Kier molecular flexibility index (Phi) is 6.52. The highest BCUT2D eigenvalue weighted by molar-refractivity contribution is 6.30. The van der Waals surface area contributed by atoms with E-state index in [4.69, 9.17) is 22.4 Å². The number of H-pyrrole nitrogens is 1. The van der Waals surface area contributed by atoms with Gasteiger partial charge in [-0.25, -0.2) is 5.10 Å². The fraction of sp³-hybridized carbons (Fsp3) is 0.500. The van der Waals surface area contributed by atoms with Crippen LogP contribution in [-0.2, 0) is 11.2 Å². The van der Waals surface area contributed by atoms with Crippen LogP contribution in [0.5, 0.6) is 0 Å². The molecule has 0 aliphatic carbocycles. The van der Waals surface area contributed by atoms with Crippen molar-refractivity contribution in [3.05, 3.63) is 34.9 Å². The number of hydrogen-bond acceptors (Lipinski definition) is 6. The lowest BCUT2D eigenvalue weighted by molar-refractivity contribution is -0.137. The van der Waals surface area contributed by atoms with Crippen molar-refractivity contribution in [3.63, 3.8) is 0 Å². The maximum Gasteiger partial charge on any atom is 0.304 e. The molecule has 1 aliphatic rings. The van der Waals surface area contributed by atoms with E-state index in [1.165, 1.54) is 5.56 Å². The molecule has 9 heteroatoms. The first-order chi connectivity index (χ1) is 13.0. The van der Waals surface area contributed by atoms with Gasteiger partial charge in [0.05, 0.1) is 6.42 Å². The number of carboxylic acid groups (broad SMARTS) is 1. The summed E-state index contributed by atoms with van der Waals surface area (Å²) in [5.74, 6) is 0.183. The van der Waals surface area contributed by atoms with Crippen molar-refractivity contribution in [2.75, 3.05) is 36.8 Å². The third-order valence-electron chi connectivity index (χ3n) is 4.97. The van der Waals surface area contributed by atoms with Gasteiger partial charge in [0.1, 0.15) is 0 Å². The van der Waals surface area contributed by atoms with Crippen LogP contribution in [0, 0.1) is 0 Å². The van der Waals surface area contributed by atoms with Crippen molar-refractivity contribution in [1.29, 1.82) is 0 Å². The van der Waals surface area contributed by atoms with Gasteiger partial charge in [0.25, 0.3) is 0 Å². The molecule has 4 N–H and O–H groups in total. The van der Waals surface area contributed by atoms with Crippen molar-refractivity contribution >= 4 is 29.5 Å². The predicted molar refractivity (Wildman–Crippen MR) is 105 cm³/mol. The number of rotatable bonds is 8. The highest BCUT2D eigenvalue weighted by Crippen LogP contribution is 2.21. The fourth-order valence-corrected chi connectivity index (χ4v) is 3.60. The highest BCUT2D eigenvalue weighted by Gasteiger charge is 2.26. The quantitative estimate of drug-likeness (QED) is 0.630. The Hall–Kier alpha value is -2.32. The lowest BCUT2D eigenvalue weighted by atomic mass is 10.0. The molecular weight excluding hydrogens is 368 g/mol. The molecule has 2 heterocycles. The Morgan fingerprint density at radius 3 is 2.59 bits per heavy atom. The zero-order valence-electron chi connectivity index (χ0n) is 15.1. The molecule has 146 valence electrons. The Morgan fingerprint density at radius 1 is 1.30 bits per heavy atom. The molecule has 2 aromatic rings. The first-order valence-electron chi connectivity index (χ1n) is 9.14. The van der Waals surface area contributed by atoms with Crippen LogP contribution < -0.4 is 10.6 Å². The van der Waals surface area contributed by atoms with Crippen LogP contribution in [0.4, 0.5) is 11.9 Å². The number of nitrogens with two attached hydrogens (primary N) is 1. The summed E-state index contributed by atoms with van der Waals surface area (Å²) in [5, 5.41) is 16.6. The molecule has 0 spiro atoms. The highest BCUT2D eigenvalue weighted by atomic mass is 35.5. The molecule has 1 saturated heterocycles. The van der Waals surface area contributed by atoms with E-state index in [-0.39, 0.29) is 6.42 Å². The normalized spacial score (nSPS) is 15.4. The molecule has 1 aromatic heterocycles. The van der Waals surface area contributed by atoms with E-state index >= 15 is 0 Å². The molecule has 8 nitrogen and oxygen atoms in total. The zero-order valence-corrected chi connectivity index (χ0v) is 15.9. The number of nitrogen functional groups attached to an aromatic ring is 1. The lowest BCUT2D eigenvalue weighted by Crippen LogP contribution is -2.46. The van der Waals surface area contributed by atoms with Crippen molar-refractivity contribution in [2.45, 2.75) is 31.7 Å². The van der Waals surface area contributed by atoms with Gasteiger partial charge in [-0.05, 0) is 37.0 Å². The number of aliphatic carboxylic acids is 1. The minimum absolute atomic E-state index is 0.151. The Labute approximate surface area is 163 Å². The number of halogens is 1. The summed E-state index contributed by atoms with van der Waals surface area (Å²) in [6.07, 6.45) is 2.90. The second-order valence-corrected chi connectivity index (χ2v) is 7.23. The molecule has 1 aromatic carbocycles. The molecule has 0 amide bonds. The number of nitrogens with zero attached hydrogens (tertiary/aromatic N) is 4. The zero-order chi connectivity index (χ0) is 19.2. The minimum atomic E-state index is -0.764. The standard InChI is InChI=1S/C18H25ClN6O2/c19-14-3-1-13(2-4-14)5-9-24(12-8-16(26)27)15-6-10-25(11-7-15)18-21-17(20)22-23-18/h1-4,15H,5-12H2,(H,26,27)(H3,20,21,22,23). The van der Waals surface area contributed by atoms with E-state index in [0.717, 1.165) is 43.9 Å². The average Bonchev–Trinajstić information content (AvgIpc) is 3.10. The summed E-state index contributed by atoms with van der Waals surface area (Å²) >= 11 is 5.95. The van der Waals surface area contributed by atoms with Crippen LogP contribution >= 0.6 is 11.6 Å². The van der Waals surface area contributed by atoms with Crippen molar-refractivity contribution in [3.8, 4) is 0 Å². The molecule has 0 unspecified atom stereocenters. The first kappa shape index (κ1) is 19.4. The third-order valence-corrected chi connectivity index (χ3v) is 5.22. The number of hydrogen-bond donors (Lipinski definition) is 3. The van der Waals surface area contributed by atoms with Gasteiger partial charge in [-0.15, -0.1) is 5.10 Å². The summed E-state index contributed by atoms with van der Waals surface area (Å²) in [5.41, 5.74) is 6.81. The van der Waals surface area contributed by atoms with Crippen LogP contribution in [0.15, 0.2) is 24.3 Å². The van der Waals surface area contributed by atoms with E-state index in [0.29, 0.717) is 24.5 Å². The number of carboxylic acids is 1. The van der Waals surface area contributed by atoms with Crippen molar-refractivity contribution in [1.82, 2.24) is 20.1 Å². The largest absolute Gasteiger partial charge is 0.481 e. The summed E-state index contributed by atoms with van der Waals surface area (Å²) < 4.78 is 0.